The average Bonchev–Trinajstić information content (AvgIpc) is 2.99. The van der Waals surface area contributed by atoms with Gasteiger partial charge in [0.2, 0.25) is 5.91 Å². The largest absolute Gasteiger partial charge is 0.341 e. The van der Waals surface area contributed by atoms with Crippen LogP contribution < -0.4 is 0 Å². The zero-order valence-electron chi connectivity index (χ0n) is 12.7. The predicted octanol–water partition coefficient (Wildman–Crippen LogP) is 4.64. The van der Waals surface area contributed by atoms with Crippen LogP contribution in [-0.2, 0) is 11.3 Å². The number of amides is 1. The van der Waals surface area contributed by atoms with Crippen molar-refractivity contribution in [2.75, 3.05) is 12.8 Å². The molecule has 1 aromatic carbocycles. The maximum Gasteiger partial charge on any atom is 0.222 e. The summed E-state index contributed by atoms with van der Waals surface area (Å²) in [6.45, 7) is 0.181. The molecule has 1 unspecified atom stereocenters. The number of hydrogen-bond donors (Lipinski definition) is 0. The van der Waals surface area contributed by atoms with Crippen LogP contribution in [0.4, 0.5) is 8.78 Å². The van der Waals surface area contributed by atoms with E-state index >= 15 is 0 Å². The SMILES string of the molecule is CN(Cc1ccc(F)cc1F)C(=O)CCCCC1CCSS1. The van der Waals surface area contributed by atoms with Crippen molar-refractivity contribution in [3.8, 4) is 0 Å². The Hall–Kier alpha value is -0.750. The van der Waals surface area contributed by atoms with Crippen LogP contribution in [0.2, 0.25) is 0 Å². The monoisotopic (exact) mass is 345 g/mol. The quantitative estimate of drug-likeness (QED) is 0.530. The second kappa shape index (κ2) is 8.77. The van der Waals surface area contributed by atoms with E-state index in [0.717, 1.165) is 24.2 Å². The molecule has 1 atom stereocenters. The molecule has 22 heavy (non-hydrogen) atoms. The van der Waals surface area contributed by atoms with Gasteiger partial charge in [0.25, 0.3) is 0 Å². The average molecular weight is 345 g/mol. The second-order valence-electron chi connectivity index (χ2n) is 5.56. The van der Waals surface area contributed by atoms with Gasteiger partial charge in [0.1, 0.15) is 11.6 Å². The zero-order valence-corrected chi connectivity index (χ0v) is 14.3. The number of carbonyl (C=O) groups is 1. The highest BCUT2D eigenvalue weighted by molar-refractivity contribution is 8.77. The molecule has 1 aromatic rings. The predicted molar refractivity (Wildman–Crippen MR) is 89.8 cm³/mol. The maximum absolute atomic E-state index is 13.6. The Bertz CT molecular complexity index is 507. The van der Waals surface area contributed by atoms with E-state index in [4.69, 9.17) is 0 Å². The molecule has 0 spiro atoms. The third-order valence-corrected chi connectivity index (χ3v) is 6.75. The van der Waals surface area contributed by atoms with Gasteiger partial charge in [-0.3, -0.25) is 4.79 Å². The summed E-state index contributed by atoms with van der Waals surface area (Å²) in [6.07, 6.45) is 4.86. The van der Waals surface area contributed by atoms with Crippen molar-refractivity contribution in [1.82, 2.24) is 4.90 Å². The fourth-order valence-corrected chi connectivity index (χ4v) is 5.42. The molecule has 0 bridgehead atoms. The normalized spacial score (nSPS) is 17.7. The Morgan fingerprint density at radius 3 is 2.86 bits per heavy atom. The molecule has 1 fully saturated rings. The van der Waals surface area contributed by atoms with E-state index in [1.807, 2.05) is 21.6 Å². The van der Waals surface area contributed by atoms with Crippen LogP contribution in [0.1, 0.15) is 37.7 Å². The lowest BCUT2D eigenvalue weighted by Crippen LogP contribution is -2.26. The summed E-state index contributed by atoms with van der Waals surface area (Å²) in [7, 11) is 5.56. The summed E-state index contributed by atoms with van der Waals surface area (Å²) in [5.74, 6) is 0.0472. The molecule has 1 amide bonds. The van der Waals surface area contributed by atoms with Gasteiger partial charge in [-0.15, -0.1) is 0 Å². The Kier molecular flexibility index (Phi) is 7.02. The first-order valence-corrected chi connectivity index (χ1v) is 9.90. The molecule has 122 valence electrons. The van der Waals surface area contributed by atoms with Crippen molar-refractivity contribution in [1.29, 1.82) is 0 Å². The van der Waals surface area contributed by atoms with Gasteiger partial charge in [-0.05, 0) is 25.3 Å². The topological polar surface area (TPSA) is 20.3 Å². The van der Waals surface area contributed by atoms with Crippen LogP contribution in [0.25, 0.3) is 0 Å². The van der Waals surface area contributed by atoms with Crippen molar-refractivity contribution in [3.63, 3.8) is 0 Å². The van der Waals surface area contributed by atoms with E-state index in [1.54, 1.807) is 7.05 Å². The van der Waals surface area contributed by atoms with Crippen molar-refractivity contribution < 1.29 is 13.6 Å². The fourth-order valence-electron chi connectivity index (χ4n) is 2.40. The third kappa shape index (κ3) is 5.47. The van der Waals surface area contributed by atoms with E-state index < -0.39 is 11.6 Å². The summed E-state index contributed by atoms with van der Waals surface area (Å²) >= 11 is 0. The molecule has 0 saturated carbocycles. The van der Waals surface area contributed by atoms with Crippen molar-refractivity contribution in [2.24, 2.45) is 0 Å². The molecule has 1 aliphatic rings. The van der Waals surface area contributed by atoms with Crippen molar-refractivity contribution in [3.05, 3.63) is 35.4 Å². The summed E-state index contributed by atoms with van der Waals surface area (Å²) in [5, 5.41) is 0.742. The highest BCUT2D eigenvalue weighted by Gasteiger charge is 2.16. The highest BCUT2D eigenvalue weighted by atomic mass is 33.1. The maximum atomic E-state index is 13.6. The lowest BCUT2D eigenvalue weighted by atomic mass is 10.1. The first-order chi connectivity index (χ1) is 10.6. The Morgan fingerprint density at radius 2 is 2.18 bits per heavy atom. The number of rotatable bonds is 7. The van der Waals surface area contributed by atoms with Crippen LogP contribution in [-0.4, -0.2) is 28.9 Å². The van der Waals surface area contributed by atoms with Gasteiger partial charge in [0.15, 0.2) is 0 Å². The smallest absolute Gasteiger partial charge is 0.222 e. The third-order valence-electron chi connectivity index (χ3n) is 3.74. The number of benzene rings is 1. The molecule has 6 heteroatoms. The molecule has 2 rings (SSSR count). The van der Waals surface area contributed by atoms with Gasteiger partial charge in [-0.25, -0.2) is 8.78 Å². The summed E-state index contributed by atoms with van der Waals surface area (Å²) in [6, 6.07) is 3.46. The van der Waals surface area contributed by atoms with Crippen molar-refractivity contribution >= 4 is 27.5 Å². The molecular formula is C16H21F2NOS2. The zero-order chi connectivity index (χ0) is 15.9. The highest BCUT2D eigenvalue weighted by Crippen LogP contribution is 2.39. The molecule has 1 aliphatic heterocycles. The lowest BCUT2D eigenvalue weighted by molar-refractivity contribution is -0.130. The van der Waals surface area contributed by atoms with Gasteiger partial charge in [0, 0.05) is 42.6 Å². The molecular weight excluding hydrogens is 324 g/mol. The van der Waals surface area contributed by atoms with Crippen LogP contribution >= 0.6 is 21.6 Å². The van der Waals surface area contributed by atoms with E-state index in [-0.39, 0.29) is 12.5 Å². The Balaban J connectivity index is 1.69. The molecule has 2 nitrogen and oxygen atoms in total. The van der Waals surface area contributed by atoms with Gasteiger partial charge < -0.3 is 4.90 Å². The number of unbranched alkanes of at least 4 members (excludes halogenated alkanes) is 1. The van der Waals surface area contributed by atoms with Gasteiger partial charge in [-0.2, -0.15) is 0 Å². The molecule has 1 saturated heterocycles. The van der Waals surface area contributed by atoms with Gasteiger partial charge in [-0.1, -0.05) is 34.1 Å². The Labute approximate surface area is 138 Å². The minimum Gasteiger partial charge on any atom is -0.341 e. The van der Waals surface area contributed by atoms with Crippen LogP contribution in [0.3, 0.4) is 0 Å². The number of halogens is 2. The number of carbonyl (C=O) groups excluding carboxylic acids is 1. The first-order valence-electron chi connectivity index (χ1n) is 7.52. The molecule has 1 heterocycles. The van der Waals surface area contributed by atoms with Crippen molar-refractivity contribution in [2.45, 2.75) is 43.9 Å². The fraction of sp³-hybridized carbons (Fsp3) is 0.562. The summed E-state index contributed by atoms with van der Waals surface area (Å²) in [4.78, 5) is 13.6. The van der Waals surface area contributed by atoms with E-state index in [2.05, 4.69) is 0 Å². The van der Waals surface area contributed by atoms with Gasteiger partial charge in [0.05, 0.1) is 0 Å². The molecule has 0 radical (unpaired) electrons. The number of nitrogens with zero attached hydrogens (tertiary/aromatic N) is 1. The van der Waals surface area contributed by atoms with E-state index in [0.29, 0.717) is 12.0 Å². The lowest BCUT2D eigenvalue weighted by Gasteiger charge is -2.18. The van der Waals surface area contributed by atoms with Crippen LogP contribution in [0.5, 0.6) is 0 Å². The van der Waals surface area contributed by atoms with Crippen LogP contribution in [0, 0.1) is 11.6 Å². The van der Waals surface area contributed by atoms with Crippen LogP contribution in [0.15, 0.2) is 18.2 Å². The van der Waals surface area contributed by atoms with Gasteiger partial charge >= 0.3 is 0 Å². The number of hydrogen-bond acceptors (Lipinski definition) is 3. The summed E-state index contributed by atoms with van der Waals surface area (Å²) in [5.41, 5.74) is 0.344. The minimum absolute atomic E-state index is 0.0113. The molecule has 0 aromatic heterocycles. The van der Waals surface area contributed by atoms with E-state index in [9.17, 15) is 13.6 Å². The first kappa shape index (κ1) is 17.6. The second-order valence-corrected chi connectivity index (χ2v) is 8.35. The standard InChI is InChI=1S/C16H21F2NOS2/c1-19(11-12-6-7-13(17)10-15(12)18)16(20)5-3-2-4-14-8-9-21-22-14/h6-7,10,14H,2-5,8-9,11H2,1H3. The molecule has 0 aliphatic carbocycles. The molecule has 0 N–H and O–H groups in total. The Morgan fingerprint density at radius 1 is 1.36 bits per heavy atom. The summed E-state index contributed by atoms with van der Waals surface area (Å²) < 4.78 is 26.4. The van der Waals surface area contributed by atoms with E-state index in [1.165, 1.54) is 35.6 Å². The minimum atomic E-state index is -0.601.